The van der Waals surface area contributed by atoms with Crippen LogP contribution in [0.5, 0.6) is 5.75 Å². The molecular weight excluding hydrogens is 829 g/mol. The van der Waals surface area contributed by atoms with E-state index in [1.807, 2.05) is 102 Å². The van der Waals surface area contributed by atoms with Crippen molar-refractivity contribution in [1.29, 1.82) is 0 Å². The highest BCUT2D eigenvalue weighted by atomic mass is 35.5. The number of rotatable bonds is 12. The van der Waals surface area contributed by atoms with Crippen LogP contribution in [0, 0.1) is 6.92 Å². The third-order valence-electron chi connectivity index (χ3n) is 12.1. The summed E-state index contributed by atoms with van der Waals surface area (Å²) in [6, 6.07) is 34.1. The van der Waals surface area contributed by atoms with Crippen molar-refractivity contribution in [2.45, 2.75) is 58.2 Å². The van der Waals surface area contributed by atoms with E-state index in [1.54, 1.807) is 18.2 Å². The second kappa shape index (κ2) is 18.6. The average molecular weight is 876 g/mol. The van der Waals surface area contributed by atoms with Crippen LogP contribution in [-0.4, -0.2) is 81.5 Å². The Kier molecular flexibility index (Phi) is 12.4. The summed E-state index contributed by atoms with van der Waals surface area (Å²) in [5, 5.41) is 25.4. The van der Waals surface area contributed by atoms with Gasteiger partial charge in [-0.3, -0.25) is 23.9 Å². The first-order chi connectivity index (χ1) is 31.1. The van der Waals surface area contributed by atoms with E-state index in [9.17, 15) is 19.4 Å². The number of carbonyl (C=O) groups is 3. The Morgan fingerprint density at radius 2 is 1.66 bits per heavy atom. The lowest BCUT2D eigenvalue weighted by molar-refractivity contribution is -0.123. The lowest BCUT2D eigenvalue weighted by atomic mass is 9.78. The fourth-order valence-electron chi connectivity index (χ4n) is 8.77. The number of halogens is 1. The summed E-state index contributed by atoms with van der Waals surface area (Å²) in [7, 11) is -0.925. The molecule has 0 bridgehead atoms. The minimum Gasteiger partial charge on any atom is -0.484 e. The van der Waals surface area contributed by atoms with Crippen LogP contribution in [0.1, 0.15) is 88.0 Å². The van der Waals surface area contributed by atoms with Gasteiger partial charge in [0.1, 0.15) is 17.6 Å². The van der Waals surface area contributed by atoms with Crippen LogP contribution >= 0.6 is 11.6 Å². The summed E-state index contributed by atoms with van der Waals surface area (Å²) in [6.07, 6.45) is 1.74. The van der Waals surface area contributed by atoms with Crippen molar-refractivity contribution in [2.75, 3.05) is 26.2 Å². The molecule has 0 unspecified atom stereocenters. The number of amides is 3. The smallest absolute Gasteiger partial charge is 0.484 e. The van der Waals surface area contributed by atoms with Crippen LogP contribution in [0.4, 0.5) is 0 Å². The molecule has 6 aromatic rings. The first kappa shape index (κ1) is 42.7. The Morgan fingerprint density at radius 1 is 0.875 bits per heavy atom. The Morgan fingerprint density at radius 3 is 2.47 bits per heavy atom. The molecule has 3 aliphatic rings. The molecule has 4 heterocycles. The van der Waals surface area contributed by atoms with Gasteiger partial charge in [-0.25, -0.2) is 0 Å². The molecule has 1 aromatic heterocycles. The van der Waals surface area contributed by atoms with Crippen molar-refractivity contribution in [3.05, 3.63) is 159 Å². The minimum absolute atomic E-state index is 0.00571. The number of nitrogens with one attached hydrogen (secondary N) is 2. The number of hydrogen-bond donors (Lipinski definition) is 3. The largest absolute Gasteiger partial charge is 0.491 e. The first-order valence-corrected chi connectivity index (χ1v) is 22.0. The number of nitrogens with zero attached hydrogens (tertiary/aromatic N) is 5. The Balaban J connectivity index is 0.823. The molecule has 0 radical (unpaired) electrons. The molecule has 324 valence electrons. The molecule has 15 heteroatoms. The molecule has 13 nitrogen and oxygen atoms in total. The van der Waals surface area contributed by atoms with E-state index in [0.717, 1.165) is 57.4 Å². The van der Waals surface area contributed by atoms with Crippen molar-refractivity contribution in [3.8, 4) is 22.6 Å². The quantitative estimate of drug-likeness (QED) is 0.122. The van der Waals surface area contributed by atoms with Crippen molar-refractivity contribution in [3.63, 3.8) is 0 Å². The molecule has 1 saturated heterocycles. The molecular formula is C49H47BClN7O6. The van der Waals surface area contributed by atoms with Gasteiger partial charge in [0.05, 0.1) is 24.4 Å². The number of likely N-dealkylation sites (tertiary alicyclic amines) is 1. The van der Waals surface area contributed by atoms with Gasteiger partial charge in [0.25, 0.3) is 11.8 Å². The van der Waals surface area contributed by atoms with Gasteiger partial charge >= 0.3 is 7.12 Å². The molecule has 0 saturated carbocycles. The summed E-state index contributed by atoms with van der Waals surface area (Å²) in [6.45, 7) is 6.03. The summed E-state index contributed by atoms with van der Waals surface area (Å²) >= 11 is 6.27. The molecule has 3 amide bonds. The van der Waals surface area contributed by atoms with Gasteiger partial charge in [0.15, 0.2) is 12.4 Å². The molecule has 3 N–H and O–H groups in total. The molecule has 3 aliphatic heterocycles. The Bertz CT molecular complexity index is 2770. The predicted molar refractivity (Wildman–Crippen MR) is 245 cm³/mol. The van der Waals surface area contributed by atoms with E-state index in [4.69, 9.17) is 26.0 Å². The normalized spacial score (nSPS) is 15.7. The first-order valence-electron chi connectivity index (χ1n) is 21.6. The zero-order valence-electron chi connectivity index (χ0n) is 35.6. The molecule has 0 aliphatic carbocycles. The Hall–Kier alpha value is -6.61. The standard InChI is InChI=1S/C49H47BClN7O6/c1-3-52-45(59)26-43-48-56-55-30(2)58(48)44-17-16-40(25-41(44)47(54-43)33-12-14-39(51)15-13-33)63-29-46(60)53-27-31-6-4-7-34(22-31)32-18-20-57(21-19-32)49(61)37-9-5-8-35(23-37)36-10-11-38-28-64-50(62)42(38)24-36/h4-17,22-25,32,43,62H,3,18-21,26-29H2,1-2H3,(H,52,59)(H,53,60)/t43-/m0/s1. The van der Waals surface area contributed by atoms with Crippen molar-refractivity contribution >= 4 is 47.6 Å². The number of hydrogen-bond acceptors (Lipinski definition) is 9. The van der Waals surface area contributed by atoms with Crippen molar-refractivity contribution in [2.24, 2.45) is 4.99 Å². The highest BCUT2D eigenvalue weighted by Crippen LogP contribution is 2.35. The van der Waals surface area contributed by atoms with Gasteiger partial charge in [-0.15, -0.1) is 10.2 Å². The number of aromatic nitrogens is 3. The van der Waals surface area contributed by atoms with Crippen LogP contribution in [0.3, 0.4) is 0 Å². The number of aryl methyl sites for hydroxylation is 1. The minimum atomic E-state index is -0.925. The number of piperidine rings is 1. The summed E-state index contributed by atoms with van der Waals surface area (Å²) in [4.78, 5) is 46.8. The number of ether oxygens (including phenoxy) is 1. The Labute approximate surface area is 376 Å². The average Bonchev–Trinajstić information content (AvgIpc) is 3.86. The second-order valence-corrected chi connectivity index (χ2v) is 16.7. The highest BCUT2D eigenvalue weighted by Gasteiger charge is 2.31. The van der Waals surface area contributed by atoms with Crippen LogP contribution < -0.4 is 20.8 Å². The summed E-state index contributed by atoms with van der Waals surface area (Å²) in [5.74, 6) is 1.54. The van der Waals surface area contributed by atoms with Crippen LogP contribution in [0.2, 0.25) is 5.02 Å². The molecule has 5 aromatic carbocycles. The highest BCUT2D eigenvalue weighted by molar-refractivity contribution is 6.61. The third-order valence-corrected chi connectivity index (χ3v) is 12.3. The fourth-order valence-corrected chi connectivity index (χ4v) is 8.89. The number of aliphatic imine (C=N–C) groups is 1. The van der Waals surface area contributed by atoms with E-state index in [0.29, 0.717) is 66.5 Å². The van der Waals surface area contributed by atoms with Gasteiger partial charge in [-0.05, 0) is 108 Å². The zero-order chi connectivity index (χ0) is 44.3. The molecule has 64 heavy (non-hydrogen) atoms. The maximum atomic E-state index is 13.7. The lowest BCUT2D eigenvalue weighted by Gasteiger charge is -2.32. The zero-order valence-corrected chi connectivity index (χ0v) is 36.3. The third kappa shape index (κ3) is 9.07. The topological polar surface area (TPSA) is 160 Å². The van der Waals surface area contributed by atoms with Crippen LogP contribution in [0.15, 0.2) is 114 Å². The molecule has 1 fully saturated rings. The number of benzene rings is 5. The van der Waals surface area contributed by atoms with Gasteiger partial charge in [0.2, 0.25) is 5.91 Å². The second-order valence-electron chi connectivity index (χ2n) is 16.3. The van der Waals surface area contributed by atoms with Gasteiger partial charge in [-0.1, -0.05) is 78.3 Å². The van der Waals surface area contributed by atoms with Crippen LogP contribution in [-0.2, 0) is 27.4 Å². The number of carbonyl (C=O) groups excluding carboxylic acids is 3. The van der Waals surface area contributed by atoms with Crippen LogP contribution in [0.25, 0.3) is 16.8 Å². The van der Waals surface area contributed by atoms with E-state index in [-0.39, 0.29) is 36.7 Å². The molecule has 9 rings (SSSR count). The van der Waals surface area contributed by atoms with E-state index >= 15 is 0 Å². The van der Waals surface area contributed by atoms with Crippen molar-refractivity contribution in [1.82, 2.24) is 30.3 Å². The lowest BCUT2D eigenvalue weighted by Crippen LogP contribution is -2.38. The molecule has 1 atom stereocenters. The van der Waals surface area contributed by atoms with Crippen molar-refractivity contribution < 1.29 is 28.8 Å². The maximum Gasteiger partial charge on any atom is 0.491 e. The van der Waals surface area contributed by atoms with Gasteiger partial charge in [0, 0.05) is 47.9 Å². The van der Waals surface area contributed by atoms with E-state index in [2.05, 4.69) is 33.0 Å². The summed E-state index contributed by atoms with van der Waals surface area (Å²) in [5.41, 5.74) is 9.31. The SMILES string of the molecule is CCNC(=O)C[C@@H]1N=C(c2ccc(Cl)cc2)c2cc(OCC(=O)NCc3cccc(C4CCN(C(=O)c5cccc(-c6ccc7c(c6)B(O)OC7)c5)CC4)c3)ccc2-n2c(C)nnc21. The maximum absolute atomic E-state index is 13.7. The van der Waals surface area contributed by atoms with E-state index in [1.165, 1.54) is 5.56 Å². The fraction of sp³-hybridized carbons (Fsp3) is 0.265. The molecule has 0 spiro atoms. The van der Waals surface area contributed by atoms with Gasteiger partial charge < -0.3 is 29.9 Å². The predicted octanol–water partition coefficient (Wildman–Crippen LogP) is 6.25. The monoisotopic (exact) mass is 875 g/mol. The van der Waals surface area contributed by atoms with Gasteiger partial charge in [-0.2, -0.15) is 0 Å². The summed E-state index contributed by atoms with van der Waals surface area (Å²) < 4.78 is 13.4. The van der Waals surface area contributed by atoms with E-state index < -0.39 is 13.2 Å². The number of fused-ring (bicyclic) bond motifs is 4.